The molecule has 1 unspecified atom stereocenters. The predicted octanol–water partition coefficient (Wildman–Crippen LogP) is 9.57. The lowest BCUT2D eigenvalue weighted by molar-refractivity contribution is -0.114. The first-order chi connectivity index (χ1) is 30.4. The third-order valence-electron chi connectivity index (χ3n) is 11.7. The van der Waals surface area contributed by atoms with Crippen LogP contribution in [-0.2, 0) is 33.3 Å². The molecular formula is C48H66N5O9PSi. The van der Waals surface area contributed by atoms with E-state index in [1.165, 1.54) is 11.5 Å². The Bertz CT molecular complexity index is 2160. The standard InChI is InChI=1S/C48H66N5O9PSi/c1-33(2)53(34(3)4)63(59-31-16-29-49)61-43-41(60-45(44(43)62-64(11,12)47(6,7)8)52-30-27-42(50-35(5)54)51-46(52)55)28-32-58-48(36-17-14-13-15-18-36,37-19-23-39(56-9)24-20-37)38-21-25-40(57-10)26-22-38/h13-15,17-27,30,33-34,41,43-45H,16,28,31-32H2,1-12H3,(H,50,51,54,55)/t41-,43-,44-,45-,63?/m1/s1. The molecule has 1 amide bonds. The Hall–Kier alpha value is -4.49. The van der Waals surface area contributed by atoms with E-state index in [2.05, 4.69) is 82.6 Å². The van der Waals surface area contributed by atoms with Crippen LogP contribution in [0.1, 0.15) is 91.1 Å². The van der Waals surface area contributed by atoms with Crippen molar-refractivity contribution in [3.63, 3.8) is 0 Å². The van der Waals surface area contributed by atoms with E-state index in [9.17, 15) is 14.9 Å². The second-order valence-corrected chi connectivity index (χ2v) is 24.0. The van der Waals surface area contributed by atoms with Crippen LogP contribution in [-0.4, -0.2) is 86.3 Å². The van der Waals surface area contributed by atoms with E-state index in [4.69, 9.17) is 32.4 Å². The average Bonchev–Trinajstić information content (AvgIpc) is 3.56. The highest BCUT2D eigenvalue weighted by Crippen LogP contribution is 2.52. The van der Waals surface area contributed by atoms with Gasteiger partial charge in [-0.1, -0.05) is 75.4 Å². The summed E-state index contributed by atoms with van der Waals surface area (Å²) in [5.74, 6) is 1.19. The number of methoxy groups -OCH3 is 2. The van der Waals surface area contributed by atoms with Crippen LogP contribution in [0.25, 0.3) is 0 Å². The molecule has 16 heteroatoms. The minimum Gasteiger partial charge on any atom is -0.497 e. The molecule has 1 saturated heterocycles. The van der Waals surface area contributed by atoms with Gasteiger partial charge in [-0.3, -0.25) is 9.36 Å². The Morgan fingerprint density at radius 2 is 1.45 bits per heavy atom. The zero-order valence-corrected chi connectivity index (χ0v) is 41.3. The number of hydrogen-bond acceptors (Lipinski definition) is 12. The Morgan fingerprint density at radius 3 is 1.94 bits per heavy atom. The topological polar surface area (TPSA) is 156 Å². The largest absolute Gasteiger partial charge is 0.497 e. The van der Waals surface area contributed by atoms with E-state index in [-0.39, 0.29) is 48.5 Å². The summed E-state index contributed by atoms with van der Waals surface area (Å²) in [6.07, 6.45) is -1.24. The lowest BCUT2D eigenvalue weighted by atomic mass is 9.80. The first kappa shape index (κ1) is 50.5. The number of ether oxygens (including phenoxy) is 4. The Labute approximate surface area is 381 Å². The van der Waals surface area contributed by atoms with Crippen molar-refractivity contribution in [2.24, 2.45) is 0 Å². The van der Waals surface area contributed by atoms with Crippen molar-refractivity contribution in [1.29, 1.82) is 5.26 Å². The smallest absolute Gasteiger partial charge is 0.351 e. The molecule has 0 radical (unpaired) electrons. The number of carbonyl (C=O) groups excluding carboxylic acids is 1. The molecule has 1 N–H and O–H groups in total. The molecule has 1 aromatic heterocycles. The lowest BCUT2D eigenvalue weighted by Crippen LogP contribution is -2.50. The summed E-state index contributed by atoms with van der Waals surface area (Å²) in [5.41, 5.74) is 0.912. The van der Waals surface area contributed by atoms with Crippen LogP contribution in [0.5, 0.6) is 11.5 Å². The van der Waals surface area contributed by atoms with Crippen molar-refractivity contribution >= 4 is 28.6 Å². The molecule has 3 aromatic carbocycles. The van der Waals surface area contributed by atoms with Gasteiger partial charge in [0, 0.05) is 25.2 Å². The molecule has 0 aliphatic carbocycles. The molecule has 5 atom stereocenters. The molecular weight excluding hydrogens is 850 g/mol. The summed E-state index contributed by atoms with van der Waals surface area (Å²) >= 11 is 0. The third-order valence-corrected chi connectivity index (χ3v) is 18.3. The van der Waals surface area contributed by atoms with Crippen molar-refractivity contribution in [3.8, 4) is 17.6 Å². The molecule has 0 spiro atoms. The molecule has 2 heterocycles. The van der Waals surface area contributed by atoms with Crippen LogP contribution in [0, 0.1) is 11.3 Å². The van der Waals surface area contributed by atoms with Gasteiger partial charge in [0.2, 0.25) is 5.91 Å². The molecule has 0 saturated carbocycles. The maximum atomic E-state index is 14.0. The number of amides is 1. The van der Waals surface area contributed by atoms with Crippen LogP contribution < -0.4 is 20.5 Å². The van der Waals surface area contributed by atoms with E-state index < -0.39 is 52.7 Å². The van der Waals surface area contributed by atoms with Gasteiger partial charge in [0.15, 0.2) is 14.5 Å². The number of nitriles is 1. The molecule has 1 fully saturated rings. The molecule has 0 bridgehead atoms. The highest BCUT2D eigenvalue weighted by molar-refractivity contribution is 7.44. The molecule has 5 rings (SSSR count). The fourth-order valence-electron chi connectivity index (χ4n) is 7.59. The van der Waals surface area contributed by atoms with E-state index >= 15 is 0 Å². The SMILES string of the molecule is COc1ccc(C(OCC[C@H]2O[C@@H](n3ccc(NC(C)=O)nc3=O)[C@H](O[Si](C)(C)C(C)(C)C)[C@@H]2OP(OCCC#N)N(C(C)C)C(C)C)(c2ccccc2)c2ccc(OC)cc2)cc1. The van der Waals surface area contributed by atoms with Gasteiger partial charge in [0.25, 0.3) is 8.53 Å². The fraction of sp³-hybridized carbons (Fsp3) is 0.500. The maximum absolute atomic E-state index is 14.0. The average molecular weight is 916 g/mol. The second-order valence-electron chi connectivity index (χ2n) is 17.8. The van der Waals surface area contributed by atoms with Gasteiger partial charge in [-0.2, -0.15) is 10.2 Å². The van der Waals surface area contributed by atoms with Crippen molar-refractivity contribution in [2.75, 3.05) is 32.8 Å². The van der Waals surface area contributed by atoms with E-state index in [0.29, 0.717) is 17.9 Å². The van der Waals surface area contributed by atoms with Crippen LogP contribution in [0.15, 0.2) is 95.9 Å². The van der Waals surface area contributed by atoms with Crippen molar-refractivity contribution in [2.45, 2.75) is 129 Å². The zero-order chi connectivity index (χ0) is 46.8. The summed E-state index contributed by atoms with van der Waals surface area (Å²) in [5, 5.41) is 11.9. The number of hydrogen-bond donors (Lipinski definition) is 1. The maximum Gasteiger partial charge on any atom is 0.351 e. The normalized spacial score (nSPS) is 18.6. The van der Waals surface area contributed by atoms with Gasteiger partial charge in [0.1, 0.15) is 35.1 Å². The summed E-state index contributed by atoms with van der Waals surface area (Å²) < 4.78 is 50.1. The number of benzene rings is 3. The molecule has 64 heavy (non-hydrogen) atoms. The number of aromatic nitrogens is 2. The number of carbonyl (C=O) groups is 1. The second kappa shape index (κ2) is 22.1. The lowest BCUT2D eigenvalue weighted by Gasteiger charge is -2.42. The summed E-state index contributed by atoms with van der Waals surface area (Å²) in [7, 11) is -1.14. The first-order valence-corrected chi connectivity index (χ1v) is 25.8. The minimum absolute atomic E-state index is 0.0153. The Kier molecular flexibility index (Phi) is 17.5. The molecule has 1 aliphatic rings. The van der Waals surface area contributed by atoms with Crippen LogP contribution in [0.3, 0.4) is 0 Å². The Morgan fingerprint density at radius 1 is 0.891 bits per heavy atom. The summed E-state index contributed by atoms with van der Waals surface area (Å²) in [6, 6.07) is 29.6. The van der Waals surface area contributed by atoms with Gasteiger partial charge in [0.05, 0.1) is 46.0 Å². The quantitative estimate of drug-likeness (QED) is 0.0366. The first-order valence-electron chi connectivity index (χ1n) is 21.8. The van der Waals surface area contributed by atoms with Crippen molar-refractivity contribution in [3.05, 3.63) is 118 Å². The van der Waals surface area contributed by atoms with Gasteiger partial charge < -0.3 is 37.7 Å². The Balaban J connectivity index is 1.67. The van der Waals surface area contributed by atoms with E-state index in [0.717, 1.165) is 16.7 Å². The third kappa shape index (κ3) is 11.8. The van der Waals surface area contributed by atoms with E-state index in [1.54, 1.807) is 26.5 Å². The minimum atomic E-state index is -2.62. The van der Waals surface area contributed by atoms with Crippen LogP contribution >= 0.6 is 8.53 Å². The van der Waals surface area contributed by atoms with E-state index in [1.807, 2.05) is 78.9 Å². The highest BCUT2D eigenvalue weighted by Gasteiger charge is 2.53. The molecule has 1 aliphatic heterocycles. The monoisotopic (exact) mass is 915 g/mol. The van der Waals surface area contributed by atoms with Gasteiger partial charge >= 0.3 is 5.69 Å². The van der Waals surface area contributed by atoms with Crippen LogP contribution in [0.4, 0.5) is 5.82 Å². The number of anilines is 1. The zero-order valence-electron chi connectivity index (χ0n) is 39.4. The predicted molar refractivity (Wildman–Crippen MR) is 252 cm³/mol. The van der Waals surface area contributed by atoms with Crippen LogP contribution in [0.2, 0.25) is 18.1 Å². The summed E-state index contributed by atoms with van der Waals surface area (Å²) in [4.78, 5) is 30.1. The number of rotatable bonds is 21. The molecule has 346 valence electrons. The van der Waals surface area contributed by atoms with Gasteiger partial charge in [-0.15, -0.1) is 0 Å². The van der Waals surface area contributed by atoms with Crippen molar-refractivity contribution in [1.82, 2.24) is 14.2 Å². The highest BCUT2D eigenvalue weighted by atomic mass is 31.2. The molecule has 14 nitrogen and oxygen atoms in total. The number of nitrogens with one attached hydrogen (secondary N) is 1. The van der Waals surface area contributed by atoms with Gasteiger partial charge in [-0.05, 0) is 99.3 Å². The van der Waals surface area contributed by atoms with Gasteiger partial charge in [-0.25, -0.2) is 9.46 Å². The fourth-order valence-corrected chi connectivity index (χ4v) is 10.6. The van der Waals surface area contributed by atoms with Crippen molar-refractivity contribution < 1.29 is 37.2 Å². The number of nitrogens with zero attached hydrogens (tertiary/aromatic N) is 4. The molecule has 4 aromatic rings. The summed E-state index contributed by atoms with van der Waals surface area (Å²) in [6.45, 7) is 20.8.